The molecule has 1 aliphatic heterocycles. The van der Waals surface area contributed by atoms with Crippen LogP contribution in [0.4, 0.5) is 5.69 Å². The Kier molecular flexibility index (Phi) is 16.9. The van der Waals surface area contributed by atoms with E-state index in [1.807, 2.05) is 153 Å². The molecule has 15 heteroatoms. The van der Waals surface area contributed by atoms with E-state index in [1.165, 1.54) is 12.1 Å². The Hall–Kier alpha value is -7.56. The maximum absolute atomic E-state index is 14.0. The van der Waals surface area contributed by atoms with Gasteiger partial charge >= 0.3 is 17.8 Å². The highest BCUT2D eigenvalue weighted by atomic mass is 16.6. The molecule has 0 bridgehead atoms. The van der Waals surface area contributed by atoms with Crippen LogP contribution >= 0.6 is 0 Å². The Morgan fingerprint density at radius 2 is 1.45 bits per heavy atom. The highest BCUT2D eigenvalue weighted by molar-refractivity contribution is 6.03. The number of allylic oxidation sites excluding steroid dienone is 1. The Morgan fingerprint density at radius 1 is 0.789 bits per heavy atom. The van der Waals surface area contributed by atoms with E-state index in [-0.39, 0.29) is 42.8 Å². The number of likely N-dealkylation sites (N-methyl/N-ethyl adjacent to an activating group) is 1. The summed E-state index contributed by atoms with van der Waals surface area (Å²) in [5.74, 6) is -0.171. The van der Waals surface area contributed by atoms with Crippen molar-refractivity contribution in [1.29, 1.82) is 0 Å². The quantitative estimate of drug-likeness (QED) is 0.0359. The molecule has 2 unspecified atom stereocenters. The van der Waals surface area contributed by atoms with Gasteiger partial charge in [-0.15, -0.1) is 0 Å². The minimum atomic E-state index is -1.23. The third-order valence-electron chi connectivity index (χ3n) is 12.3. The number of esters is 1. The van der Waals surface area contributed by atoms with Gasteiger partial charge in [0, 0.05) is 60.7 Å². The number of methoxy groups -OCH3 is 2. The first-order valence-corrected chi connectivity index (χ1v) is 23.3. The molecule has 0 saturated carbocycles. The maximum Gasteiger partial charge on any atom is 0.336 e. The molecule has 1 aliphatic carbocycles. The van der Waals surface area contributed by atoms with Gasteiger partial charge in [0.1, 0.15) is 41.8 Å². The number of anilines is 1. The summed E-state index contributed by atoms with van der Waals surface area (Å²) >= 11 is 0. The molecule has 2 amide bonds. The van der Waals surface area contributed by atoms with Gasteiger partial charge in [0.2, 0.25) is 0 Å². The van der Waals surface area contributed by atoms with Crippen LogP contribution in [-0.4, -0.2) is 115 Å². The first-order chi connectivity index (χ1) is 34.2. The van der Waals surface area contributed by atoms with Crippen molar-refractivity contribution < 1.29 is 58.4 Å². The van der Waals surface area contributed by atoms with E-state index < -0.39 is 36.2 Å². The Bertz CT molecular complexity index is 2750. The molecule has 7 rings (SSSR count). The molecule has 0 saturated heterocycles. The number of nitrogens with one attached hydrogen (secondary N) is 1. The number of unbranched alkanes of at least 4 members (excludes halogenated alkanes) is 1. The second kappa shape index (κ2) is 23.4. The zero-order valence-corrected chi connectivity index (χ0v) is 40.9. The smallest absolute Gasteiger partial charge is 0.336 e. The van der Waals surface area contributed by atoms with E-state index in [9.17, 15) is 24.3 Å². The summed E-state index contributed by atoms with van der Waals surface area (Å²) in [6, 6.07) is 35.3. The molecular formula is C56H61N4O11+. The largest absolute Gasteiger partial charge is 0.497 e. The lowest BCUT2D eigenvalue weighted by Crippen LogP contribution is -2.59. The predicted molar refractivity (Wildman–Crippen MR) is 269 cm³/mol. The van der Waals surface area contributed by atoms with Crippen molar-refractivity contribution in [2.75, 3.05) is 73.7 Å². The first-order valence-electron chi connectivity index (χ1n) is 23.3. The Balaban J connectivity index is 1.15. The Labute approximate surface area is 414 Å². The second-order valence-electron chi connectivity index (χ2n) is 17.6. The second-order valence-corrected chi connectivity index (χ2v) is 17.6. The number of hydrogen-bond donors (Lipinski definition) is 3. The fraction of sp³-hybridized carbons (Fsp3) is 0.286. The number of carbonyl (C=O) groups excluding carboxylic acids is 3. The lowest BCUT2D eigenvalue weighted by Gasteiger charge is -2.39. The SMILES string of the molecule is COc1ccc(C(OC(CCCCNC(=O)c2ccc(C(=O)O)c(C3=C4C=CC(N(C)C)C=C4Oc4cc(N(C)C)ccc43)c2)COC(=O)COCC([NH3+])=O)(c2ccccc2)c2ccc(OC)cc2)cc1. The fourth-order valence-electron chi connectivity index (χ4n) is 8.64. The molecule has 5 aromatic carbocycles. The molecule has 0 radical (unpaired) electrons. The summed E-state index contributed by atoms with van der Waals surface area (Å²) in [6.45, 7) is -0.659. The number of hydrogen-bond acceptors (Lipinski definition) is 12. The summed E-state index contributed by atoms with van der Waals surface area (Å²) in [5, 5.41) is 13.5. The summed E-state index contributed by atoms with van der Waals surface area (Å²) < 4.78 is 35.8. The lowest BCUT2D eigenvalue weighted by atomic mass is 9.79. The van der Waals surface area contributed by atoms with E-state index in [0.29, 0.717) is 64.5 Å². The van der Waals surface area contributed by atoms with Gasteiger partial charge in [-0.2, -0.15) is 0 Å². The van der Waals surface area contributed by atoms with E-state index in [1.54, 1.807) is 20.3 Å². The fourth-order valence-corrected chi connectivity index (χ4v) is 8.64. The normalized spacial score (nSPS) is 14.4. The summed E-state index contributed by atoms with van der Waals surface area (Å²) in [7, 11) is 11.0. The van der Waals surface area contributed by atoms with Gasteiger partial charge < -0.3 is 43.7 Å². The number of carboxylic acids is 1. The molecule has 5 aromatic rings. The minimum absolute atomic E-state index is 0.0427. The molecule has 370 valence electrons. The number of rotatable bonds is 23. The number of ether oxygens (including phenoxy) is 6. The van der Waals surface area contributed by atoms with Crippen molar-refractivity contribution in [3.63, 3.8) is 0 Å². The van der Waals surface area contributed by atoms with Gasteiger partial charge in [-0.05, 0) is 116 Å². The molecule has 71 heavy (non-hydrogen) atoms. The van der Waals surface area contributed by atoms with Gasteiger partial charge in [0.05, 0.1) is 25.9 Å². The van der Waals surface area contributed by atoms with Crippen LogP contribution in [0.3, 0.4) is 0 Å². The van der Waals surface area contributed by atoms with Crippen LogP contribution in [0.1, 0.15) is 67.8 Å². The van der Waals surface area contributed by atoms with Crippen LogP contribution in [0, 0.1) is 0 Å². The van der Waals surface area contributed by atoms with Gasteiger partial charge in [-0.1, -0.05) is 66.7 Å². The summed E-state index contributed by atoms with van der Waals surface area (Å²) in [4.78, 5) is 55.2. The highest BCUT2D eigenvalue weighted by Gasteiger charge is 2.40. The van der Waals surface area contributed by atoms with E-state index >= 15 is 0 Å². The Morgan fingerprint density at radius 3 is 2.06 bits per heavy atom. The van der Waals surface area contributed by atoms with Crippen LogP contribution in [-0.2, 0) is 29.4 Å². The molecule has 5 N–H and O–H groups in total. The topological polar surface area (TPSA) is 190 Å². The monoisotopic (exact) mass is 965 g/mol. The van der Waals surface area contributed by atoms with Crippen molar-refractivity contribution in [2.45, 2.75) is 37.0 Å². The number of carbonyl (C=O) groups is 4. The van der Waals surface area contributed by atoms with Crippen LogP contribution in [0.2, 0.25) is 0 Å². The number of quaternary nitrogens is 1. The number of aromatic carboxylic acids is 1. The lowest BCUT2D eigenvalue weighted by molar-refractivity contribution is -0.309. The van der Waals surface area contributed by atoms with Crippen LogP contribution < -0.4 is 30.2 Å². The summed E-state index contributed by atoms with van der Waals surface area (Å²) in [6.07, 6.45) is 6.72. The van der Waals surface area contributed by atoms with Crippen molar-refractivity contribution >= 4 is 35.0 Å². The molecule has 0 spiro atoms. The van der Waals surface area contributed by atoms with Crippen molar-refractivity contribution in [1.82, 2.24) is 10.2 Å². The van der Waals surface area contributed by atoms with Gasteiger partial charge in [0.25, 0.3) is 5.91 Å². The average molecular weight is 966 g/mol. The van der Waals surface area contributed by atoms with Crippen molar-refractivity contribution in [2.24, 2.45) is 0 Å². The van der Waals surface area contributed by atoms with Crippen LogP contribution in [0.5, 0.6) is 17.2 Å². The van der Waals surface area contributed by atoms with Crippen LogP contribution in [0.15, 0.2) is 145 Å². The molecule has 0 aromatic heterocycles. The molecule has 1 heterocycles. The predicted octanol–water partition coefficient (Wildman–Crippen LogP) is 6.65. The number of benzene rings is 5. The zero-order chi connectivity index (χ0) is 50.7. The number of nitrogens with zero attached hydrogens (tertiary/aromatic N) is 2. The number of carboxylic acid groups (broad SMARTS) is 1. The van der Waals surface area contributed by atoms with E-state index in [0.717, 1.165) is 22.4 Å². The zero-order valence-electron chi connectivity index (χ0n) is 40.9. The molecule has 15 nitrogen and oxygen atoms in total. The first kappa shape index (κ1) is 51.3. The van der Waals surface area contributed by atoms with E-state index in [2.05, 4.69) is 11.1 Å². The van der Waals surface area contributed by atoms with Gasteiger partial charge in [-0.25, -0.2) is 14.4 Å². The van der Waals surface area contributed by atoms with Crippen molar-refractivity contribution in [3.05, 3.63) is 184 Å². The maximum atomic E-state index is 14.0. The van der Waals surface area contributed by atoms with Gasteiger partial charge in [0.15, 0.2) is 6.61 Å². The number of fused-ring (bicyclic) bond motifs is 2. The average Bonchev–Trinajstić information content (AvgIpc) is 3.38. The third kappa shape index (κ3) is 12.1. The van der Waals surface area contributed by atoms with Gasteiger partial charge in [-0.3, -0.25) is 15.4 Å². The van der Waals surface area contributed by atoms with Crippen molar-refractivity contribution in [3.8, 4) is 17.2 Å². The molecule has 2 aliphatic rings. The highest BCUT2D eigenvalue weighted by Crippen LogP contribution is 2.46. The summed E-state index contributed by atoms with van der Waals surface area (Å²) in [5.41, 5.74) is 8.13. The minimum Gasteiger partial charge on any atom is -0.497 e. The van der Waals surface area contributed by atoms with Crippen LogP contribution in [0.25, 0.3) is 5.57 Å². The number of amides is 2. The molecular weight excluding hydrogens is 905 g/mol. The van der Waals surface area contributed by atoms with E-state index in [4.69, 9.17) is 28.4 Å². The molecule has 0 fully saturated rings. The standard InChI is InChI=1S/C56H60N4O11/c1-59(2)40-20-27-46-49(31-40)70-50-32-41(60(3)4)21-28-47(50)53(46)48-30-36(15-26-45(48)55(64)65)54(63)58-29-11-10-14-44(33-69-52(62)35-68-34-51(57)61)71-56(37-12-8-7-9-13-37,38-16-22-42(66-5)23-17-38)39-18-24-43(67-6)25-19-39/h7-9,12-13,15-28,30-32,40,44H,10-11,14,29,33-35H2,1-6H3,(H2,57,61)(H,58,63)(H,64,65)/p+1. The third-order valence-corrected chi connectivity index (χ3v) is 12.3. The molecule has 2 atom stereocenters.